The zero-order valence-electron chi connectivity index (χ0n) is 12.9. The molecule has 8 heteroatoms. The highest BCUT2D eigenvalue weighted by atomic mass is 32.1. The fourth-order valence-corrected chi connectivity index (χ4v) is 3.15. The number of aryl methyl sites for hydroxylation is 1. The number of aromatic nitrogens is 3. The van der Waals surface area contributed by atoms with Gasteiger partial charge in [-0.2, -0.15) is 0 Å². The number of amides is 1. The summed E-state index contributed by atoms with van der Waals surface area (Å²) in [7, 11) is 1.88. The number of hydrogen-bond donors (Lipinski definition) is 1. The zero-order valence-corrected chi connectivity index (χ0v) is 13.7. The van der Waals surface area contributed by atoms with Gasteiger partial charge in [-0.1, -0.05) is 0 Å². The number of fused-ring (bicyclic) bond motifs is 1. The van der Waals surface area contributed by atoms with Crippen LogP contribution in [0.4, 0.5) is 0 Å². The van der Waals surface area contributed by atoms with Gasteiger partial charge >= 0.3 is 0 Å². The molecule has 3 heterocycles. The van der Waals surface area contributed by atoms with Crippen molar-refractivity contribution in [3.05, 3.63) is 47.5 Å². The van der Waals surface area contributed by atoms with Gasteiger partial charge in [0.1, 0.15) is 16.5 Å². The predicted molar refractivity (Wildman–Crippen MR) is 88.1 cm³/mol. The van der Waals surface area contributed by atoms with E-state index < -0.39 is 0 Å². The van der Waals surface area contributed by atoms with Crippen LogP contribution < -0.4 is 14.8 Å². The van der Waals surface area contributed by atoms with E-state index in [0.29, 0.717) is 18.0 Å². The maximum atomic E-state index is 12.2. The quantitative estimate of drug-likeness (QED) is 0.786. The number of imidazole rings is 1. The number of benzene rings is 1. The minimum Gasteiger partial charge on any atom is -0.454 e. The van der Waals surface area contributed by atoms with Crippen LogP contribution in [-0.4, -0.2) is 27.2 Å². The highest BCUT2D eigenvalue weighted by molar-refractivity contribution is 7.13. The standard InChI is InChI=1S/C16H14N4O3S/c1-20-5-4-17-14(20)7-18-15(21)11-8-24-16(19-11)10-2-3-12-13(6-10)23-9-22-12/h2-6,8H,7,9H2,1H3,(H,18,21). The van der Waals surface area contributed by atoms with E-state index in [9.17, 15) is 4.79 Å². The molecule has 0 saturated heterocycles. The van der Waals surface area contributed by atoms with Crippen molar-refractivity contribution in [1.82, 2.24) is 19.9 Å². The number of nitrogens with one attached hydrogen (secondary N) is 1. The van der Waals surface area contributed by atoms with Gasteiger partial charge < -0.3 is 19.4 Å². The molecule has 0 spiro atoms. The van der Waals surface area contributed by atoms with Crippen LogP contribution in [0.15, 0.2) is 36.0 Å². The molecule has 0 aliphatic carbocycles. The summed E-state index contributed by atoms with van der Waals surface area (Å²) in [4.78, 5) is 20.8. The van der Waals surface area contributed by atoms with E-state index in [2.05, 4.69) is 15.3 Å². The molecule has 0 atom stereocenters. The van der Waals surface area contributed by atoms with Crippen LogP contribution in [0.1, 0.15) is 16.3 Å². The van der Waals surface area contributed by atoms with Crippen molar-refractivity contribution in [2.45, 2.75) is 6.54 Å². The Balaban J connectivity index is 1.48. The number of carbonyl (C=O) groups excluding carboxylic acids is 1. The van der Waals surface area contributed by atoms with Crippen molar-refractivity contribution in [2.24, 2.45) is 7.05 Å². The van der Waals surface area contributed by atoms with Crippen LogP contribution >= 0.6 is 11.3 Å². The second-order valence-corrected chi connectivity index (χ2v) is 6.10. The van der Waals surface area contributed by atoms with Gasteiger partial charge in [-0.05, 0) is 18.2 Å². The molecule has 1 aliphatic heterocycles. The fraction of sp³-hybridized carbons (Fsp3) is 0.188. The van der Waals surface area contributed by atoms with Crippen molar-refractivity contribution in [1.29, 1.82) is 0 Å². The van der Waals surface area contributed by atoms with Gasteiger partial charge in [0.2, 0.25) is 6.79 Å². The molecular weight excluding hydrogens is 328 g/mol. The Hall–Kier alpha value is -2.87. The molecule has 1 aliphatic rings. The van der Waals surface area contributed by atoms with Gasteiger partial charge in [-0.25, -0.2) is 9.97 Å². The first-order valence-electron chi connectivity index (χ1n) is 7.30. The Labute approximate surface area is 141 Å². The Kier molecular flexibility index (Phi) is 3.66. The molecule has 1 aromatic carbocycles. The Morgan fingerprint density at radius 1 is 1.38 bits per heavy atom. The molecule has 0 saturated carbocycles. The maximum absolute atomic E-state index is 12.2. The largest absolute Gasteiger partial charge is 0.454 e. The molecule has 122 valence electrons. The lowest BCUT2D eigenvalue weighted by Gasteiger charge is -2.03. The minimum atomic E-state index is -0.221. The van der Waals surface area contributed by atoms with Crippen molar-refractivity contribution >= 4 is 17.2 Å². The molecule has 0 bridgehead atoms. The van der Waals surface area contributed by atoms with E-state index in [0.717, 1.165) is 22.1 Å². The summed E-state index contributed by atoms with van der Waals surface area (Å²) in [5, 5.41) is 5.33. The van der Waals surface area contributed by atoms with Crippen LogP contribution in [0.2, 0.25) is 0 Å². The monoisotopic (exact) mass is 342 g/mol. The number of thiazole rings is 1. The Morgan fingerprint density at radius 2 is 2.25 bits per heavy atom. The first kappa shape index (κ1) is 14.7. The molecule has 0 fully saturated rings. The van der Waals surface area contributed by atoms with E-state index in [1.807, 2.05) is 36.0 Å². The average Bonchev–Trinajstić information content (AvgIpc) is 3.32. The Bertz CT molecular complexity index is 902. The van der Waals surface area contributed by atoms with Crippen LogP contribution in [0, 0.1) is 0 Å². The molecule has 1 N–H and O–H groups in total. The summed E-state index contributed by atoms with van der Waals surface area (Å²) >= 11 is 1.41. The van der Waals surface area contributed by atoms with Crippen molar-refractivity contribution in [2.75, 3.05) is 6.79 Å². The van der Waals surface area contributed by atoms with Gasteiger partial charge in [-0.15, -0.1) is 11.3 Å². The zero-order chi connectivity index (χ0) is 16.5. The van der Waals surface area contributed by atoms with Gasteiger partial charge in [0.15, 0.2) is 11.5 Å². The first-order valence-corrected chi connectivity index (χ1v) is 8.18. The summed E-state index contributed by atoms with van der Waals surface area (Å²) in [6, 6.07) is 5.62. The lowest BCUT2D eigenvalue weighted by Crippen LogP contribution is -2.24. The molecule has 2 aromatic heterocycles. The second-order valence-electron chi connectivity index (χ2n) is 5.24. The number of carbonyl (C=O) groups is 1. The minimum absolute atomic E-state index is 0.221. The average molecular weight is 342 g/mol. The highest BCUT2D eigenvalue weighted by Crippen LogP contribution is 2.36. The van der Waals surface area contributed by atoms with Crippen LogP contribution in [-0.2, 0) is 13.6 Å². The number of ether oxygens (including phenoxy) is 2. The summed E-state index contributed by atoms with van der Waals surface area (Å²) in [6.07, 6.45) is 3.53. The third kappa shape index (κ3) is 2.71. The van der Waals surface area contributed by atoms with Crippen molar-refractivity contribution in [3.63, 3.8) is 0 Å². The number of hydrogen-bond acceptors (Lipinski definition) is 6. The molecule has 4 rings (SSSR count). The van der Waals surface area contributed by atoms with E-state index >= 15 is 0 Å². The normalized spacial score (nSPS) is 12.4. The van der Waals surface area contributed by atoms with Gasteiger partial charge in [-0.3, -0.25) is 4.79 Å². The second kappa shape index (κ2) is 5.97. The molecule has 1 amide bonds. The number of rotatable bonds is 4. The topological polar surface area (TPSA) is 78.3 Å². The SMILES string of the molecule is Cn1ccnc1CNC(=O)c1csc(-c2ccc3c(c2)OCO3)n1. The highest BCUT2D eigenvalue weighted by Gasteiger charge is 2.17. The molecule has 7 nitrogen and oxygen atoms in total. The lowest BCUT2D eigenvalue weighted by molar-refractivity contribution is 0.0945. The van der Waals surface area contributed by atoms with E-state index in [1.165, 1.54) is 11.3 Å². The maximum Gasteiger partial charge on any atom is 0.271 e. The van der Waals surface area contributed by atoms with E-state index in [1.54, 1.807) is 11.6 Å². The third-order valence-corrected chi connectivity index (χ3v) is 4.58. The lowest BCUT2D eigenvalue weighted by atomic mass is 10.2. The summed E-state index contributed by atoms with van der Waals surface area (Å²) < 4.78 is 12.5. The number of nitrogens with zero attached hydrogens (tertiary/aromatic N) is 3. The van der Waals surface area contributed by atoms with Crippen LogP contribution in [0.3, 0.4) is 0 Å². The first-order chi connectivity index (χ1) is 11.7. The van der Waals surface area contributed by atoms with Gasteiger partial charge in [0, 0.05) is 30.4 Å². The molecule has 0 unspecified atom stereocenters. The molecule has 24 heavy (non-hydrogen) atoms. The Morgan fingerprint density at radius 3 is 3.08 bits per heavy atom. The summed E-state index contributed by atoms with van der Waals surface area (Å²) in [5.41, 5.74) is 1.29. The molecule has 3 aromatic rings. The third-order valence-electron chi connectivity index (χ3n) is 3.68. The fourth-order valence-electron chi connectivity index (χ4n) is 2.36. The van der Waals surface area contributed by atoms with E-state index in [4.69, 9.17) is 9.47 Å². The summed E-state index contributed by atoms with van der Waals surface area (Å²) in [6.45, 7) is 0.594. The van der Waals surface area contributed by atoms with Crippen molar-refractivity contribution < 1.29 is 14.3 Å². The smallest absolute Gasteiger partial charge is 0.271 e. The predicted octanol–water partition coefficient (Wildman–Crippen LogP) is 2.20. The summed E-state index contributed by atoms with van der Waals surface area (Å²) in [5.74, 6) is 1.99. The van der Waals surface area contributed by atoms with Gasteiger partial charge in [0.25, 0.3) is 5.91 Å². The molecular formula is C16H14N4O3S. The molecule has 0 radical (unpaired) electrons. The van der Waals surface area contributed by atoms with Crippen molar-refractivity contribution in [3.8, 4) is 22.1 Å². The van der Waals surface area contributed by atoms with Gasteiger partial charge in [0.05, 0.1) is 6.54 Å². The van der Waals surface area contributed by atoms with Crippen LogP contribution in [0.5, 0.6) is 11.5 Å². The van der Waals surface area contributed by atoms with Crippen LogP contribution in [0.25, 0.3) is 10.6 Å². The van der Waals surface area contributed by atoms with E-state index in [-0.39, 0.29) is 12.7 Å².